The zero-order chi connectivity index (χ0) is 14.1. The van der Waals surface area contributed by atoms with E-state index in [0.717, 1.165) is 19.4 Å². The van der Waals surface area contributed by atoms with Gasteiger partial charge in [-0.25, -0.2) is 4.39 Å². The number of hydrogen-bond donors (Lipinski definition) is 0. The maximum absolute atomic E-state index is 13.6. The van der Waals surface area contributed by atoms with Crippen LogP contribution in [0.4, 0.5) is 4.39 Å². The number of carbonyl (C=O) groups excluding carboxylic acids is 1. The number of nitrogens with zero attached hydrogens (tertiary/aromatic N) is 1. The Bertz CT molecular complexity index is 513. The Morgan fingerprint density at radius 2 is 1.95 bits per heavy atom. The first kappa shape index (κ1) is 14.1. The molecule has 1 aliphatic carbocycles. The lowest BCUT2D eigenvalue weighted by Gasteiger charge is -2.29. The van der Waals surface area contributed by atoms with Gasteiger partial charge in [0.1, 0.15) is 5.82 Å². The highest BCUT2D eigenvalue weighted by Crippen LogP contribution is 2.36. The van der Waals surface area contributed by atoms with Crippen LogP contribution in [0.1, 0.15) is 48.9 Å². The molecule has 1 saturated heterocycles. The molecule has 2 aliphatic rings. The van der Waals surface area contributed by atoms with E-state index in [2.05, 4.69) is 15.9 Å². The summed E-state index contributed by atoms with van der Waals surface area (Å²) < 4.78 is 14.0. The van der Waals surface area contributed by atoms with E-state index in [1.54, 1.807) is 12.1 Å². The van der Waals surface area contributed by atoms with Gasteiger partial charge < -0.3 is 4.90 Å². The second-order valence-electron chi connectivity index (χ2n) is 5.88. The summed E-state index contributed by atoms with van der Waals surface area (Å²) in [6.07, 6.45) is 7.24. The van der Waals surface area contributed by atoms with Gasteiger partial charge in [-0.05, 0) is 65.7 Å². The fourth-order valence-corrected chi connectivity index (χ4v) is 3.92. The van der Waals surface area contributed by atoms with Crippen LogP contribution in [0.25, 0.3) is 0 Å². The number of amides is 1. The molecule has 1 atom stereocenters. The van der Waals surface area contributed by atoms with Gasteiger partial charge in [0.05, 0.1) is 4.47 Å². The molecule has 2 nitrogen and oxygen atoms in total. The van der Waals surface area contributed by atoms with Crippen LogP contribution < -0.4 is 0 Å². The molecule has 0 spiro atoms. The van der Waals surface area contributed by atoms with Crippen molar-refractivity contribution in [1.29, 1.82) is 0 Å². The summed E-state index contributed by atoms with van der Waals surface area (Å²) in [6.45, 7) is 0.817. The molecule has 3 rings (SSSR count). The van der Waals surface area contributed by atoms with E-state index in [4.69, 9.17) is 0 Å². The second kappa shape index (κ2) is 5.84. The van der Waals surface area contributed by atoms with Gasteiger partial charge >= 0.3 is 0 Å². The van der Waals surface area contributed by atoms with Crippen molar-refractivity contribution in [3.8, 4) is 0 Å². The van der Waals surface area contributed by atoms with E-state index in [0.29, 0.717) is 22.0 Å². The van der Waals surface area contributed by atoms with E-state index in [1.807, 2.05) is 4.90 Å². The summed E-state index contributed by atoms with van der Waals surface area (Å²) in [5.74, 6) is 0.278. The Balaban J connectivity index is 1.79. The lowest BCUT2D eigenvalue weighted by molar-refractivity contribution is 0.0688. The topological polar surface area (TPSA) is 20.3 Å². The fourth-order valence-electron chi connectivity index (χ4n) is 3.67. The molecule has 4 heteroatoms. The zero-order valence-corrected chi connectivity index (χ0v) is 13.0. The molecule has 1 heterocycles. The minimum Gasteiger partial charge on any atom is -0.335 e. The number of likely N-dealkylation sites (tertiary alicyclic amines) is 1. The Morgan fingerprint density at radius 3 is 2.65 bits per heavy atom. The molecule has 108 valence electrons. The van der Waals surface area contributed by atoms with Gasteiger partial charge in [0.2, 0.25) is 0 Å². The Hall–Kier alpha value is -0.900. The summed E-state index contributed by atoms with van der Waals surface area (Å²) in [4.78, 5) is 14.6. The molecule has 1 amide bonds. The predicted molar refractivity (Wildman–Crippen MR) is 80.1 cm³/mol. The van der Waals surface area contributed by atoms with E-state index in [9.17, 15) is 9.18 Å². The molecule has 1 saturated carbocycles. The summed E-state index contributed by atoms with van der Waals surface area (Å²) in [5, 5.41) is 0. The average Bonchev–Trinajstić information content (AvgIpc) is 3.10. The molecule has 1 unspecified atom stereocenters. The van der Waals surface area contributed by atoms with Crippen LogP contribution in [-0.4, -0.2) is 23.4 Å². The van der Waals surface area contributed by atoms with Gasteiger partial charge in [-0.1, -0.05) is 12.8 Å². The van der Waals surface area contributed by atoms with Crippen LogP contribution in [0.2, 0.25) is 0 Å². The summed E-state index contributed by atoms with van der Waals surface area (Å²) in [5.41, 5.74) is 0.468. The van der Waals surface area contributed by atoms with Gasteiger partial charge in [0.25, 0.3) is 5.91 Å². The molecule has 2 fully saturated rings. The summed E-state index contributed by atoms with van der Waals surface area (Å²) in [6, 6.07) is 5.04. The van der Waals surface area contributed by atoms with Crippen molar-refractivity contribution >= 4 is 21.8 Å². The molecule has 1 aromatic rings. The van der Waals surface area contributed by atoms with Crippen molar-refractivity contribution in [2.75, 3.05) is 6.54 Å². The minimum atomic E-state index is -0.368. The number of carbonyl (C=O) groups is 1. The van der Waals surface area contributed by atoms with Crippen molar-refractivity contribution < 1.29 is 9.18 Å². The lowest BCUT2D eigenvalue weighted by atomic mass is 9.95. The average molecular weight is 340 g/mol. The molecule has 0 aromatic heterocycles. The van der Waals surface area contributed by atoms with Gasteiger partial charge in [-0.2, -0.15) is 0 Å². The van der Waals surface area contributed by atoms with E-state index in [-0.39, 0.29) is 11.7 Å². The Morgan fingerprint density at radius 1 is 1.20 bits per heavy atom. The zero-order valence-electron chi connectivity index (χ0n) is 11.4. The SMILES string of the molecule is O=C(c1ccc(Br)c(F)c1)N1CCCC1C1CCCC1. The van der Waals surface area contributed by atoms with Crippen LogP contribution >= 0.6 is 15.9 Å². The molecule has 20 heavy (non-hydrogen) atoms. The van der Waals surface area contributed by atoms with Crippen molar-refractivity contribution in [1.82, 2.24) is 4.90 Å². The number of benzene rings is 1. The minimum absolute atomic E-state index is 0.00852. The monoisotopic (exact) mass is 339 g/mol. The Kier molecular flexibility index (Phi) is 4.11. The third kappa shape index (κ3) is 2.62. The first-order valence-electron chi connectivity index (χ1n) is 7.43. The van der Waals surface area contributed by atoms with Gasteiger partial charge in [-0.3, -0.25) is 4.79 Å². The van der Waals surface area contributed by atoms with Gasteiger partial charge in [0.15, 0.2) is 0 Å². The molecular formula is C16H19BrFNO. The summed E-state index contributed by atoms with van der Waals surface area (Å²) >= 11 is 3.13. The van der Waals surface area contributed by atoms with Gasteiger partial charge in [0, 0.05) is 18.2 Å². The largest absolute Gasteiger partial charge is 0.335 e. The van der Waals surface area contributed by atoms with Crippen molar-refractivity contribution in [2.24, 2.45) is 5.92 Å². The molecule has 0 bridgehead atoms. The lowest BCUT2D eigenvalue weighted by Crippen LogP contribution is -2.39. The predicted octanol–water partition coefficient (Wildman–Crippen LogP) is 4.38. The van der Waals surface area contributed by atoms with E-state index in [1.165, 1.54) is 31.7 Å². The molecule has 1 aliphatic heterocycles. The van der Waals surface area contributed by atoms with E-state index >= 15 is 0 Å². The van der Waals surface area contributed by atoms with Crippen LogP contribution in [0.3, 0.4) is 0 Å². The van der Waals surface area contributed by atoms with E-state index < -0.39 is 0 Å². The van der Waals surface area contributed by atoms with Crippen molar-refractivity contribution in [3.63, 3.8) is 0 Å². The van der Waals surface area contributed by atoms with Crippen LogP contribution in [0.5, 0.6) is 0 Å². The number of hydrogen-bond acceptors (Lipinski definition) is 1. The quantitative estimate of drug-likeness (QED) is 0.782. The third-order valence-corrected chi connectivity index (χ3v) is 5.31. The number of rotatable bonds is 2. The fraction of sp³-hybridized carbons (Fsp3) is 0.562. The van der Waals surface area contributed by atoms with Crippen molar-refractivity contribution in [3.05, 3.63) is 34.1 Å². The normalized spacial score (nSPS) is 23.5. The number of halogens is 2. The van der Waals surface area contributed by atoms with Crippen molar-refractivity contribution in [2.45, 2.75) is 44.6 Å². The van der Waals surface area contributed by atoms with Crippen LogP contribution in [0.15, 0.2) is 22.7 Å². The smallest absolute Gasteiger partial charge is 0.254 e. The molecular weight excluding hydrogens is 321 g/mol. The highest BCUT2D eigenvalue weighted by molar-refractivity contribution is 9.10. The molecule has 0 N–H and O–H groups in total. The third-order valence-electron chi connectivity index (χ3n) is 4.67. The maximum Gasteiger partial charge on any atom is 0.254 e. The van der Waals surface area contributed by atoms with Crippen LogP contribution in [-0.2, 0) is 0 Å². The molecule has 1 aromatic carbocycles. The molecule has 0 radical (unpaired) electrons. The maximum atomic E-state index is 13.6. The van der Waals surface area contributed by atoms with Gasteiger partial charge in [-0.15, -0.1) is 0 Å². The summed E-state index contributed by atoms with van der Waals surface area (Å²) in [7, 11) is 0. The second-order valence-corrected chi connectivity index (χ2v) is 6.74. The highest BCUT2D eigenvalue weighted by Gasteiger charge is 2.36. The first-order chi connectivity index (χ1) is 9.66. The Labute approximate surface area is 127 Å². The van der Waals surface area contributed by atoms with Crippen LogP contribution in [0, 0.1) is 11.7 Å². The highest BCUT2D eigenvalue weighted by atomic mass is 79.9. The first-order valence-corrected chi connectivity index (χ1v) is 8.22. The standard InChI is InChI=1S/C16H19BrFNO/c17-13-8-7-12(10-14(13)18)16(20)19-9-3-6-15(19)11-4-1-2-5-11/h7-8,10-11,15H,1-6,9H2.